The number of rotatable bonds is 2. The Hall–Kier alpha value is -1.81. The number of H-pyrrole nitrogens is 1. The minimum Gasteiger partial charge on any atom is -0.361 e. The van der Waals surface area contributed by atoms with Crippen molar-refractivity contribution in [3.8, 4) is 0 Å². The van der Waals surface area contributed by atoms with E-state index >= 15 is 0 Å². The number of nitrogens with zero attached hydrogens (tertiary/aromatic N) is 1. The van der Waals surface area contributed by atoms with Gasteiger partial charge in [0.15, 0.2) is 0 Å². The molecule has 4 heteroatoms. The van der Waals surface area contributed by atoms with Crippen molar-refractivity contribution in [2.75, 3.05) is 13.1 Å². The van der Waals surface area contributed by atoms with Crippen molar-refractivity contribution in [1.29, 1.82) is 0 Å². The normalized spacial score (nSPS) is 29.6. The lowest BCUT2D eigenvalue weighted by atomic mass is 9.72. The molecular weight excluding hydrogens is 274 g/mol. The molecule has 1 atom stereocenters. The topological polar surface area (TPSA) is 48.1 Å². The number of benzene rings is 1. The molecule has 1 unspecified atom stereocenters. The van der Waals surface area contributed by atoms with Crippen LogP contribution >= 0.6 is 0 Å². The van der Waals surface area contributed by atoms with E-state index in [1.165, 1.54) is 25.9 Å². The molecule has 1 aromatic heterocycles. The van der Waals surface area contributed by atoms with Crippen LogP contribution in [0.1, 0.15) is 37.0 Å². The van der Waals surface area contributed by atoms with Crippen molar-refractivity contribution in [3.63, 3.8) is 0 Å². The summed E-state index contributed by atoms with van der Waals surface area (Å²) in [5.74, 6) is 0.662. The highest BCUT2D eigenvalue weighted by Gasteiger charge is 2.48. The number of hydrogen-bond acceptors (Lipinski definition) is 2. The summed E-state index contributed by atoms with van der Waals surface area (Å²) < 4.78 is 0. The minimum absolute atomic E-state index is 0.0506. The van der Waals surface area contributed by atoms with Gasteiger partial charge < -0.3 is 10.3 Å². The fourth-order valence-electron chi connectivity index (χ4n) is 4.30. The van der Waals surface area contributed by atoms with E-state index in [0.717, 1.165) is 16.5 Å². The summed E-state index contributed by atoms with van der Waals surface area (Å²) in [5, 5.41) is 4.41. The molecule has 3 aliphatic rings. The monoisotopic (exact) mass is 297 g/mol. The van der Waals surface area contributed by atoms with Gasteiger partial charge in [-0.1, -0.05) is 0 Å². The van der Waals surface area contributed by atoms with Crippen LogP contribution in [0.25, 0.3) is 10.9 Å². The second-order valence-electron chi connectivity index (χ2n) is 7.21. The summed E-state index contributed by atoms with van der Waals surface area (Å²) in [6.45, 7) is 6.86. The lowest BCUT2D eigenvalue weighted by Crippen LogP contribution is -2.69. The Morgan fingerprint density at radius 1 is 1.27 bits per heavy atom. The Balaban J connectivity index is 1.58. The third-order valence-electron chi connectivity index (χ3n) is 5.69. The molecule has 0 spiro atoms. The largest absolute Gasteiger partial charge is 0.361 e. The van der Waals surface area contributed by atoms with E-state index in [-0.39, 0.29) is 17.5 Å². The van der Waals surface area contributed by atoms with E-state index in [2.05, 4.69) is 29.0 Å². The highest BCUT2D eigenvalue weighted by atomic mass is 16.1. The predicted octanol–water partition coefficient (Wildman–Crippen LogP) is 2.77. The van der Waals surface area contributed by atoms with Crippen LogP contribution in [-0.2, 0) is 0 Å². The van der Waals surface area contributed by atoms with Gasteiger partial charge in [-0.05, 0) is 70.0 Å². The van der Waals surface area contributed by atoms with Gasteiger partial charge in [0, 0.05) is 34.2 Å². The molecule has 116 valence electrons. The smallest absolute Gasteiger partial charge is 0.251 e. The van der Waals surface area contributed by atoms with Crippen molar-refractivity contribution < 1.29 is 4.79 Å². The van der Waals surface area contributed by atoms with Crippen molar-refractivity contribution in [2.24, 2.45) is 5.92 Å². The van der Waals surface area contributed by atoms with Gasteiger partial charge in [0.1, 0.15) is 0 Å². The minimum atomic E-state index is 0.0506. The maximum atomic E-state index is 12.7. The number of aromatic nitrogens is 1. The zero-order valence-corrected chi connectivity index (χ0v) is 13.2. The number of fused-ring (bicyclic) bond motifs is 4. The number of piperidine rings is 3. The highest BCUT2D eigenvalue weighted by Crippen LogP contribution is 2.39. The molecule has 4 heterocycles. The van der Waals surface area contributed by atoms with E-state index < -0.39 is 0 Å². The average Bonchev–Trinajstić information content (AvgIpc) is 2.98. The number of hydrogen-bond donors (Lipinski definition) is 2. The average molecular weight is 297 g/mol. The van der Waals surface area contributed by atoms with E-state index in [1.54, 1.807) is 0 Å². The first-order valence-corrected chi connectivity index (χ1v) is 8.19. The highest BCUT2D eigenvalue weighted by molar-refractivity contribution is 5.98. The van der Waals surface area contributed by atoms with Gasteiger partial charge in [-0.25, -0.2) is 0 Å². The Morgan fingerprint density at radius 3 is 2.77 bits per heavy atom. The quantitative estimate of drug-likeness (QED) is 0.895. The molecule has 3 fully saturated rings. The van der Waals surface area contributed by atoms with Gasteiger partial charge in [0.25, 0.3) is 5.91 Å². The van der Waals surface area contributed by atoms with Gasteiger partial charge in [-0.15, -0.1) is 0 Å². The second-order valence-corrected chi connectivity index (χ2v) is 7.21. The lowest BCUT2D eigenvalue weighted by molar-refractivity contribution is -0.0378. The molecule has 1 amide bonds. The second kappa shape index (κ2) is 4.85. The molecule has 0 saturated carbocycles. The summed E-state index contributed by atoms with van der Waals surface area (Å²) in [5.41, 5.74) is 1.87. The summed E-state index contributed by atoms with van der Waals surface area (Å²) in [4.78, 5) is 18.4. The molecule has 2 bridgehead atoms. The zero-order chi connectivity index (χ0) is 15.3. The Kier molecular flexibility index (Phi) is 3.05. The van der Waals surface area contributed by atoms with Gasteiger partial charge >= 0.3 is 0 Å². The van der Waals surface area contributed by atoms with Crippen LogP contribution in [0.2, 0.25) is 0 Å². The number of aromatic amines is 1. The lowest BCUT2D eigenvalue weighted by Gasteiger charge is -2.56. The molecule has 4 nitrogen and oxygen atoms in total. The first kappa shape index (κ1) is 13.8. The maximum absolute atomic E-state index is 12.7. The van der Waals surface area contributed by atoms with Crippen LogP contribution in [0, 0.1) is 5.92 Å². The van der Waals surface area contributed by atoms with Crippen molar-refractivity contribution in [1.82, 2.24) is 15.2 Å². The Bertz CT molecular complexity index is 710. The summed E-state index contributed by atoms with van der Waals surface area (Å²) in [7, 11) is 0. The fourth-order valence-corrected chi connectivity index (χ4v) is 4.30. The van der Waals surface area contributed by atoms with Crippen LogP contribution in [-0.4, -0.2) is 40.5 Å². The SMILES string of the molecule is CC1(C)C(NC(=O)c2ccc3[nH]ccc3c2)C2CCN1CC2. The molecule has 22 heavy (non-hydrogen) atoms. The standard InChI is InChI=1S/C18H23N3O/c1-18(2)16(12-6-9-21(18)10-7-12)20-17(22)14-3-4-15-13(11-14)5-8-19-15/h3-5,8,11-12,16,19H,6-7,9-10H2,1-2H3,(H,20,22). The van der Waals surface area contributed by atoms with Gasteiger partial charge in [-0.2, -0.15) is 0 Å². The van der Waals surface area contributed by atoms with Crippen molar-refractivity contribution in [3.05, 3.63) is 36.0 Å². The predicted molar refractivity (Wildman–Crippen MR) is 87.9 cm³/mol. The van der Waals surface area contributed by atoms with Crippen molar-refractivity contribution >= 4 is 16.8 Å². The van der Waals surface area contributed by atoms with Gasteiger partial charge in [-0.3, -0.25) is 9.69 Å². The Labute approximate surface area is 130 Å². The fraction of sp³-hybridized carbons (Fsp3) is 0.500. The Morgan fingerprint density at radius 2 is 2.05 bits per heavy atom. The van der Waals surface area contributed by atoms with Gasteiger partial charge in [0.2, 0.25) is 0 Å². The summed E-state index contributed by atoms with van der Waals surface area (Å²) in [6.07, 6.45) is 4.30. The number of amides is 1. The molecular formula is C18H23N3O. The van der Waals surface area contributed by atoms with E-state index in [0.29, 0.717) is 5.92 Å². The number of carbonyl (C=O) groups is 1. The molecule has 3 aliphatic heterocycles. The molecule has 2 aromatic rings. The van der Waals surface area contributed by atoms with E-state index in [9.17, 15) is 4.79 Å². The summed E-state index contributed by atoms with van der Waals surface area (Å²) >= 11 is 0. The van der Waals surface area contributed by atoms with Crippen LogP contribution < -0.4 is 5.32 Å². The number of carbonyl (C=O) groups excluding carboxylic acids is 1. The third kappa shape index (κ3) is 2.05. The maximum Gasteiger partial charge on any atom is 0.251 e. The molecule has 5 rings (SSSR count). The van der Waals surface area contributed by atoms with E-state index in [1.807, 2.05) is 30.5 Å². The first-order valence-electron chi connectivity index (χ1n) is 8.19. The van der Waals surface area contributed by atoms with Crippen molar-refractivity contribution in [2.45, 2.75) is 38.3 Å². The summed E-state index contributed by atoms with van der Waals surface area (Å²) in [6, 6.07) is 8.10. The molecule has 2 N–H and O–H groups in total. The van der Waals surface area contributed by atoms with Crippen LogP contribution in [0.3, 0.4) is 0 Å². The van der Waals surface area contributed by atoms with Crippen LogP contribution in [0.15, 0.2) is 30.5 Å². The molecule has 0 aliphatic carbocycles. The molecule has 3 saturated heterocycles. The first-order chi connectivity index (χ1) is 10.6. The van der Waals surface area contributed by atoms with E-state index in [4.69, 9.17) is 0 Å². The zero-order valence-electron chi connectivity index (χ0n) is 13.2. The van der Waals surface area contributed by atoms with Gasteiger partial charge in [0.05, 0.1) is 0 Å². The third-order valence-corrected chi connectivity index (χ3v) is 5.69. The molecule has 1 aromatic carbocycles. The van der Waals surface area contributed by atoms with Crippen LogP contribution in [0.4, 0.5) is 0 Å². The molecule has 0 radical (unpaired) electrons. The van der Waals surface area contributed by atoms with Crippen LogP contribution in [0.5, 0.6) is 0 Å². The number of nitrogens with one attached hydrogen (secondary N) is 2.